The molecule has 7 nitrogen and oxygen atoms in total. The standard InChI is InChI=1S/C21H25N5O2/c22-20(27)16-11-24-18(25-15-1-3-23-4-2-15)7-17(16)26-19-13-5-12-6-14(19)10-21(28,8-12)9-13/h1-4,7,11-14,19,28H,5-6,8-10H2,(H2,22,27)(H2,23,24,25,26)/t12?,13-,14+,19?,21?. The Balaban J connectivity index is 1.42. The van der Waals surface area contributed by atoms with Crippen molar-refractivity contribution in [2.45, 2.75) is 43.7 Å². The molecule has 146 valence electrons. The molecule has 6 rings (SSSR count). The van der Waals surface area contributed by atoms with Crippen LogP contribution in [0.25, 0.3) is 0 Å². The van der Waals surface area contributed by atoms with Gasteiger partial charge in [-0.15, -0.1) is 0 Å². The number of carbonyl (C=O) groups is 1. The number of primary amides is 1. The van der Waals surface area contributed by atoms with Gasteiger partial charge in [0.2, 0.25) is 0 Å². The van der Waals surface area contributed by atoms with E-state index < -0.39 is 11.5 Å². The van der Waals surface area contributed by atoms with Crippen LogP contribution in [-0.4, -0.2) is 32.6 Å². The molecule has 0 aliphatic heterocycles. The zero-order valence-electron chi connectivity index (χ0n) is 15.6. The van der Waals surface area contributed by atoms with Crippen LogP contribution in [-0.2, 0) is 0 Å². The molecule has 4 fully saturated rings. The number of aliphatic hydroxyl groups is 1. The van der Waals surface area contributed by atoms with E-state index >= 15 is 0 Å². The summed E-state index contributed by atoms with van der Waals surface area (Å²) >= 11 is 0. The molecule has 2 aromatic rings. The van der Waals surface area contributed by atoms with Gasteiger partial charge in [-0.25, -0.2) is 4.98 Å². The third-order valence-electron chi connectivity index (χ3n) is 6.69. The normalized spacial score (nSPS) is 32.9. The maximum atomic E-state index is 12.0. The summed E-state index contributed by atoms with van der Waals surface area (Å²) in [6.07, 6.45) is 9.88. The third-order valence-corrected chi connectivity index (χ3v) is 6.69. The van der Waals surface area contributed by atoms with Crippen molar-refractivity contribution in [3.8, 4) is 0 Å². The van der Waals surface area contributed by atoms with E-state index in [1.807, 2.05) is 18.2 Å². The zero-order chi connectivity index (χ0) is 19.3. The van der Waals surface area contributed by atoms with E-state index in [1.165, 1.54) is 6.20 Å². The van der Waals surface area contributed by atoms with E-state index in [4.69, 9.17) is 5.73 Å². The molecule has 0 radical (unpaired) electrons. The number of carbonyl (C=O) groups excluding carboxylic acids is 1. The number of nitrogens with two attached hydrogens (primary N) is 1. The number of pyridine rings is 2. The van der Waals surface area contributed by atoms with E-state index in [-0.39, 0.29) is 6.04 Å². The highest BCUT2D eigenvalue weighted by Crippen LogP contribution is 2.56. The minimum Gasteiger partial charge on any atom is -0.390 e. The number of nitrogens with one attached hydrogen (secondary N) is 2. The quantitative estimate of drug-likeness (QED) is 0.635. The van der Waals surface area contributed by atoms with Crippen LogP contribution in [0, 0.1) is 17.8 Å². The summed E-state index contributed by atoms with van der Waals surface area (Å²) in [6.45, 7) is 0. The Kier molecular flexibility index (Phi) is 4.01. The van der Waals surface area contributed by atoms with Gasteiger partial charge in [-0.3, -0.25) is 9.78 Å². The molecule has 1 amide bonds. The molecule has 4 saturated carbocycles. The molecule has 4 aliphatic rings. The molecular formula is C21H25N5O2. The Labute approximate surface area is 163 Å². The van der Waals surface area contributed by atoms with Gasteiger partial charge in [0, 0.05) is 36.4 Å². The van der Waals surface area contributed by atoms with Gasteiger partial charge in [-0.05, 0) is 62.0 Å². The second-order valence-electron chi connectivity index (χ2n) is 8.70. The van der Waals surface area contributed by atoms with Crippen molar-refractivity contribution in [1.82, 2.24) is 9.97 Å². The lowest BCUT2D eigenvalue weighted by atomic mass is 9.52. The third kappa shape index (κ3) is 3.09. The van der Waals surface area contributed by atoms with Crippen molar-refractivity contribution in [1.29, 1.82) is 0 Å². The second-order valence-corrected chi connectivity index (χ2v) is 8.70. The fraction of sp³-hybridized carbons (Fsp3) is 0.476. The highest BCUT2D eigenvalue weighted by atomic mass is 16.3. The molecular weight excluding hydrogens is 354 g/mol. The number of nitrogens with zero attached hydrogens (tertiary/aromatic N) is 2. The monoisotopic (exact) mass is 379 g/mol. The molecule has 0 aromatic carbocycles. The van der Waals surface area contributed by atoms with Crippen LogP contribution >= 0.6 is 0 Å². The zero-order valence-corrected chi connectivity index (χ0v) is 15.6. The lowest BCUT2D eigenvalue weighted by molar-refractivity contribution is -0.129. The molecule has 0 spiro atoms. The largest absolute Gasteiger partial charge is 0.390 e. The number of hydrogen-bond acceptors (Lipinski definition) is 6. The first kappa shape index (κ1) is 17.4. The Bertz CT molecular complexity index is 887. The first-order valence-electron chi connectivity index (χ1n) is 9.95. The molecule has 0 saturated heterocycles. The van der Waals surface area contributed by atoms with Crippen LogP contribution < -0.4 is 16.4 Å². The summed E-state index contributed by atoms with van der Waals surface area (Å²) in [4.78, 5) is 20.3. The fourth-order valence-electron chi connectivity index (χ4n) is 5.82. The van der Waals surface area contributed by atoms with Crippen molar-refractivity contribution >= 4 is 23.1 Å². The second kappa shape index (κ2) is 6.44. The molecule has 7 heteroatoms. The van der Waals surface area contributed by atoms with E-state index in [0.29, 0.717) is 34.8 Å². The summed E-state index contributed by atoms with van der Waals surface area (Å²) in [5.41, 5.74) is 7.10. The van der Waals surface area contributed by atoms with Gasteiger partial charge < -0.3 is 21.5 Å². The van der Waals surface area contributed by atoms with Crippen LogP contribution in [0.3, 0.4) is 0 Å². The van der Waals surface area contributed by atoms with Crippen molar-refractivity contribution in [2.24, 2.45) is 23.5 Å². The highest BCUT2D eigenvalue weighted by molar-refractivity contribution is 5.98. The number of hydrogen-bond donors (Lipinski definition) is 4. The average Bonchev–Trinajstić information content (AvgIpc) is 2.64. The summed E-state index contributed by atoms with van der Waals surface area (Å²) < 4.78 is 0. The predicted octanol–water partition coefficient (Wildman–Crippen LogP) is 2.67. The van der Waals surface area contributed by atoms with Crippen LogP contribution in [0.15, 0.2) is 36.8 Å². The summed E-state index contributed by atoms with van der Waals surface area (Å²) in [5, 5.41) is 17.7. The van der Waals surface area contributed by atoms with Crippen molar-refractivity contribution in [2.75, 3.05) is 10.6 Å². The van der Waals surface area contributed by atoms with E-state index in [1.54, 1.807) is 12.4 Å². The average molecular weight is 379 g/mol. The fourth-order valence-corrected chi connectivity index (χ4v) is 5.82. The Morgan fingerprint density at radius 3 is 2.54 bits per heavy atom. The predicted molar refractivity (Wildman–Crippen MR) is 106 cm³/mol. The SMILES string of the molecule is NC(=O)c1cnc(Nc2ccncc2)cc1NC1[C@@H]2CC3C[C@H]1CC(O)(C3)C2. The molecule has 3 unspecified atom stereocenters. The number of aromatic nitrogens is 2. The number of rotatable bonds is 5. The lowest BCUT2D eigenvalue weighted by Gasteiger charge is -2.58. The molecule has 4 aliphatic carbocycles. The van der Waals surface area contributed by atoms with E-state index in [9.17, 15) is 9.90 Å². The van der Waals surface area contributed by atoms with Gasteiger partial charge in [0.05, 0.1) is 16.9 Å². The Morgan fingerprint density at radius 2 is 1.89 bits per heavy atom. The maximum absolute atomic E-state index is 12.0. The van der Waals surface area contributed by atoms with Crippen LogP contribution in [0.4, 0.5) is 17.2 Å². The van der Waals surface area contributed by atoms with Gasteiger partial charge in [-0.2, -0.15) is 0 Å². The number of anilines is 3. The van der Waals surface area contributed by atoms with Gasteiger partial charge >= 0.3 is 0 Å². The number of amides is 1. The lowest BCUT2D eigenvalue weighted by Crippen LogP contribution is -2.59. The molecule has 2 heterocycles. The van der Waals surface area contributed by atoms with Crippen LogP contribution in [0.2, 0.25) is 0 Å². The van der Waals surface area contributed by atoms with E-state index in [2.05, 4.69) is 20.6 Å². The van der Waals surface area contributed by atoms with Gasteiger partial charge in [0.15, 0.2) is 0 Å². The maximum Gasteiger partial charge on any atom is 0.252 e. The summed E-state index contributed by atoms with van der Waals surface area (Å²) in [7, 11) is 0. The van der Waals surface area contributed by atoms with Gasteiger partial charge in [-0.1, -0.05) is 0 Å². The van der Waals surface area contributed by atoms with E-state index in [0.717, 1.165) is 37.8 Å². The topological polar surface area (TPSA) is 113 Å². The van der Waals surface area contributed by atoms with Crippen LogP contribution in [0.5, 0.6) is 0 Å². The first-order valence-corrected chi connectivity index (χ1v) is 9.95. The van der Waals surface area contributed by atoms with Crippen LogP contribution in [0.1, 0.15) is 42.5 Å². The molecule has 28 heavy (non-hydrogen) atoms. The van der Waals surface area contributed by atoms with Crippen molar-refractivity contribution < 1.29 is 9.90 Å². The molecule has 5 N–H and O–H groups in total. The smallest absolute Gasteiger partial charge is 0.252 e. The first-order chi connectivity index (χ1) is 13.5. The highest BCUT2D eigenvalue weighted by Gasteiger charge is 2.54. The Hall–Kier alpha value is -2.67. The molecule has 4 bridgehead atoms. The van der Waals surface area contributed by atoms with Crippen molar-refractivity contribution in [3.05, 3.63) is 42.4 Å². The Morgan fingerprint density at radius 1 is 1.18 bits per heavy atom. The van der Waals surface area contributed by atoms with Gasteiger partial charge in [0.25, 0.3) is 5.91 Å². The summed E-state index contributed by atoms with van der Waals surface area (Å²) in [6, 6.07) is 5.82. The van der Waals surface area contributed by atoms with Gasteiger partial charge in [0.1, 0.15) is 5.82 Å². The molecule has 2 aromatic heterocycles. The molecule has 5 atom stereocenters. The minimum atomic E-state index is -0.493. The van der Waals surface area contributed by atoms with Crippen molar-refractivity contribution in [3.63, 3.8) is 0 Å². The summed E-state index contributed by atoms with van der Waals surface area (Å²) in [5.74, 6) is 1.65. The minimum absolute atomic E-state index is 0.256.